The molecule has 0 aliphatic carbocycles. The molecule has 0 spiro atoms. The standard InChI is InChI=1S/C28H22N2O/c1-17(2)11-21-13-22(12-20-9-5-6-10-23(20)21)26-28-27(30-16-29-26)24-14-18-7-3-4-8-19(18)15-25(24)31-28/h3-10,12-17H,11H2,1-2H3. The summed E-state index contributed by atoms with van der Waals surface area (Å²) in [5.41, 5.74) is 5.73. The molecule has 0 N–H and O–H groups in total. The highest BCUT2D eigenvalue weighted by molar-refractivity contribution is 6.11. The quantitative estimate of drug-likeness (QED) is 0.307. The predicted octanol–water partition coefficient (Wildman–Crippen LogP) is 7.55. The molecule has 0 aliphatic rings. The van der Waals surface area contributed by atoms with Gasteiger partial charge in [0.2, 0.25) is 0 Å². The lowest BCUT2D eigenvalue weighted by Gasteiger charge is -2.12. The zero-order valence-corrected chi connectivity index (χ0v) is 17.6. The van der Waals surface area contributed by atoms with Crippen LogP contribution in [0.25, 0.3) is 54.9 Å². The van der Waals surface area contributed by atoms with E-state index in [9.17, 15) is 0 Å². The van der Waals surface area contributed by atoms with E-state index in [1.165, 1.54) is 21.7 Å². The van der Waals surface area contributed by atoms with Crippen LogP contribution in [0, 0.1) is 5.92 Å². The van der Waals surface area contributed by atoms with E-state index >= 15 is 0 Å². The van der Waals surface area contributed by atoms with E-state index in [0.717, 1.165) is 45.1 Å². The average molecular weight is 402 g/mol. The molecule has 0 saturated carbocycles. The molecule has 0 aliphatic heterocycles. The molecule has 3 heteroatoms. The summed E-state index contributed by atoms with van der Waals surface area (Å²) in [6.07, 6.45) is 2.67. The van der Waals surface area contributed by atoms with Gasteiger partial charge in [-0.1, -0.05) is 62.4 Å². The second kappa shape index (κ2) is 6.92. The minimum Gasteiger partial charge on any atom is -0.452 e. The summed E-state index contributed by atoms with van der Waals surface area (Å²) in [5.74, 6) is 0.572. The topological polar surface area (TPSA) is 38.9 Å². The van der Waals surface area contributed by atoms with Crippen LogP contribution in [0.15, 0.2) is 83.5 Å². The molecule has 0 unspecified atom stereocenters. The molecule has 0 bridgehead atoms. The lowest BCUT2D eigenvalue weighted by Crippen LogP contribution is -1.97. The smallest absolute Gasteiger partial charge is 0.180 e. The monoisotopic (exact) mass is 402 g/mol. The van der Waals surface area contributed by atoms with E-state index in [4.69, 9.17) is 4.42 Å². The van der Waals surface area contributed by atoms with Gasteiger partial charge in [0.05, 0.1) is 0 Å². The molecular weight excluding hydrogens is 380 g/mol. The highest BCUT2D eigenvalue weighted by Gasteiger charge is 2.17. The lowest BCUT2D eigenvalue weighted by molar-refractivity contribution is 0.650. The summed E-state index contributed by atoms with van der Waals surface area (Å²) in [6.45, 7) is 4.52. The third-order valence-electron chi connectivity index (χ3n) is 5.97. The molecule has 0 fully saturated rings. The van der Waals surface area contributed by atoms with Gasteiger partial charge in [-0.15, -0.1) is 0 Å². The Morgan fingerprint density at radius 2 is 1.52 bits per heavy atom. The average Bonchev–Trinajstić information content (AvgIpc) is 3.14. The molecule has 150 valence electrons. The van der Waals surface area contributed by atoms with Gasteiger partial charge in [0.1, 0.15) is 23.1 Å². The van der Waals surface area contributed by atoms with Crippen molar-refractivity contribution < 1.29 is 4.42 Å². The molecular formula is C28H22N2O. The van der Waals surface area contributed by atoms with Crippen molar-refractivity contribution in [2.24, 2.45) is 5.92 Å². The fourth-order valence-electron chi connectivity index (χ4n) is 4.60. The van der Waals surface area contributed by atoms with Crippen LogP contribution in [0.2, 0.25) is 0 Å². The molecule has 4 aromatic carbocycles. The first-order chi connectivity index (χ1) is 15.2. The largest absolute Gasteiger partial charge is 0.452 e. The lowest BCUT2D eigenvalue weighted by atomic mass is 9.93. The number of hydrogen-bond donors (Lipinski definition) is 0. The van der Waals surface area contributed by atoms with Gasteiger partial charge in [0.15, 0.2) is 5.58 Å². The fraction of sp³-hybridized carbons (Fsp3) is 0.143. The maximum absolute atomic E-state index is 6.35. The Balaban J connectivity index is 1.64. The fourth-order valence-corrected chi connectivity index (χ4v) is 4.60. The van der Waals surface area contributed by atoms with E-state index in [1.54, 1.807) is 6.33 Å². The van der Waals surface area contributed by atoms with Gasteiger partial charge in [-0.3, -0.25) is 0 Å². The van der Waals surface area contributed by atoms with Gasteiger partial charge in [-0.05, 0) is 63.7 Å². The maximum atomic E-state index is 6.35. The van der Waals surface area contributed by atoms with E-state index in [0.29, 0.717) is 5.92 Å². The number of nitrogens with zero attached hydrogens (tertiary/aromatic N) is 2. The molecule has 2 aromatic heterocycles. The predicted molar refractivity (Wildman–Crippen MR) is 128 cm³/mol. The summed E-state index contributed by atoms with van der Waals surface area (Å²) in [4.78, 5) is 9.25. The van der Waals surface area contributed by atoms with Gasteiger partial charge < -0.3 is 4.42 Å². The molecule has 31 heavy (non-hydrogen) atoms. The zero-order chi connectivity index (χ0) is 20.9. The minimum absolute atomic E-state index is 0.572. The first-order valence-corrected chi connectivity index (χ1v) is 10.8. The summed E-state index contributed by atoms with van der Waals surface area (Å²) < 4.78 is 6.35. The summed E-state index contributed by atoms with van der Waals surface area (Å²) >= 11 is 0. The first kappa shape index (κ1) is 18.1. The van der Waals surface area contributed by atoms with Gasteiger partial charge in [0.25, 0.3) is 0 Å². The number of rotatable bonds is 3. The van der Waals surface area contributed by atoms with Crippen LogP contribution < -0.4 is 0 Å². The van der Waals surface area contributed by atoms with Crippen LogP contribution in [0.3, 0.4) is 0 Å². The van der Waals surface area contributed by atoms with Crippen molar-refractivity contribution in [2.45, 2.75) is 20.3 Å². The van der Waals surface area contributed by atoms with Crippen LogP contribution in [0.1, 0.15) is 19.4 Å². The second-order valence-electron chi connectivity index (χ2n) is 8.65. The van der Waals surface area contributed by atoms with Crippen molar-refractivity contribution >= 4 is 43.6 Å². The third kappa shape index (κ3) is 2.97. The van der Waals surface area contributed by atoms with E-state index in [-0.39, 0.29) is 0 Å². The third-order valence-corrected chi connectivity index (χ3v) is 5.97. The number of hydrogen-bond acceptors (Lipinski definition) is 3. The SMILES string of the molecule is CC(C)Cc1cc(-c2ncnc3c2oc2cc4ccccc4cc23)cc2ccccc12. The molecule has 0 atom stereocenters. The summed E-state index contributed by atoms with van der Waals surface area (Å²) in [5, 5.41) is 5.90. The van der Waals surface area contributed by atoms with Gasteiger partial charge in [0, 0.05) is 10.9 Å². The summed E-state index contributed by atoms with van der Waals surface area (Å²) in [6, 6.07) is 25.7. The van der Waals surface area contributed by atoms with Gasteiger partial charge in [-0.2, -0.15) is 0 Å². The Morgan fingerprint density at radius 3 is 2.32 bits per heavy atom. The number of benzene rings is 4. The van der Waals surface area contributed by atoms with Crippen molar-refractivity contribution in [1.29, 1.82) is 0 Å². The Bertz CT molecular complexity index is 1590. The Kier molecular flexibility index (Phi) is 4.03. The Hall–Kier alpha value is -3.72. The van der Waals surface area contributed by atoms with E-state index < -0.39 is 0 Å². The van der Waals surface area contributed by atoms with Crippen molar-refractivity contribution in [1.82, 2.24) is 9.97 Å². The molecule has 0 saturated heterocycles. The van der Waals surface area contributed by atoms with Gasteiger partial charge in [-0.25, -0.2) is 9.97 Å². The Labute approximate surface area is 180 Å². The highest BCUT2D eigenvalue weighted by Crippen LogP contribution is 2.37. The minimum atomic E-state index is 0.572. The second-order valence-corrected chi connectivity index (χ2v) is 8.65. The highest BCUT2D eigenvalue weighted by atomic mass is 16.3. The number of aromatic nitrogens is 2. The molecule has 2 heterocycles. The molecule has 0 radical (unpaired) electrons. The van der Waals surface area contributed by atoms with Crippen LogP contribution >= 0.6 is 0 Å². The van der Waals surface area contributed by atoms with E-state index in [1.807, 2.05) is 6.07 Å². The van der Waals surface area contributed by atoms with Crippen LogP contribution in [-0.2, 0) is 6.42 Å². The van der Waals surface area contributed by atoms with Crippen molar-refractivity contribution in [3.8, 4) is 11.3 Å². The molecule has 6 rings (SSSR count). The van der Waals surface area contributed by atoms with Crippen LogP contribution in [0.5, 0.6) is 0 Å². The van der Waals surface area contributed by atoms with Crippen molar-refractivity contribution in [3.63, 3.8) is 0 Å². The molecule has 6 aromatic rings. The van der Waals surface area contributed by atoms with Crippen molar-refractivity contribution in [2.75, 3.05) is 0 Å². The number of fused-ring (bicyclic) bond motifs is 5. The summed E-state index contributed by atoms with van der Waals surface area (Å²) in [7, 11) is 0. The number of furan rings is 1. The van der Waals surface area contributed by atoms with E-state index in [2.05, 4.69) is 90.5 Å². The molecule has 0 amide bonds. The van der Waals surface area contributed by atoms with Crippen LogP contribution in [-0.4, -0.2) is 9.97 Å². The normalized spacial score (nSPS) is 12.0. The zero-order valence-electron chi connectivity index (χ0n) is 17.6. The first-order valence-electron chi connectivity index (χ1n) is 10.8. The Morgan fingerprint density at radius 1 is 0.774 bits per heavy atom. The van der Waals surface area contributed by atoms with Crippen LogP contribution in [0.4, 0.5) is 0 Å². The maximum Gasteiger partial charge on any atom is 0.180 e. The van der Waals surface area contributed by atoms with Gasteiger partial charge >= 0.3 is 0 Å². The molecule has 3 nitrogen and oxygen atoms in total. The van der Waals surface area contributed by atoms with Crippen molar-refractivity contribution in [3.05, 3.63) is 84.7 Å².